The largest absolute Gasteiger partial charge is 0.416 e. The third-order valence-electron chi connectivity index (χ3n) is 11.0. The maximum Gasteiger partial charge on any atom is 0.416 e. The predicted octanol–water partition coefficient (Wildman–Crippen LogP) is 6.88. The van der Waals surface area contributed by atoms with Crippen LogP contribution in [0.1, 0.15) is 105 Å². The van der Waals surface area contributed by atoms with E-state index in [0.29, 0.717) is 29.6 Å². The lowest BCUT2D eigenvalue weighted by Crippen LogP contribution is -2.55. The van der Waals surface area contributed by atoms with Gasteiger partial charge in [-0.15, -0.1) is 0 Å². The molecule has 0 bridgehead atoms. The number of rotatable bonds is 4. The Morgan fingerprint density at radius 3 is 2.23 bits per heavy atom. The van der Waals surface area contributed by atoms with Gasteiger partial charge in [0.2, 0.25) is 0 Å². The fourth-order valence-electron chi connectivity index (χ4n) is 8.85. The second-order valence-electron chi connectivity index (χ2n) is 12.8. The maximum absolute atomic E-state index is 13.0. The Morgan fingerprint density at radius 2 is 1.55 bits per heavy atom. The molecule has 180 valence electrons. The van der Waals surface area contributed by atoms with Gasteiger partial charge in [0.05, 0.1) is 5.60 Å². The number of halogens is 3. The topological polar surface area (TPSA) is 40.5 Å². The quantitative estimate of drug-likeness (QED) is 0.496. The third-order valence-corrected chi connectivity index (χ3v) is 11.0. The van der Waals surface area contributed by atoms with Crippen molar-refractivity contribution in [2.24, 2.45) is 40.4 Å². The highest BCUT2D eigenvalue weighted by molar-refractivity contribution is 5.10. The zero-order chi connectivity index (χ0) is 22.9. The summed E-state index contributed by atoms with van der Waals surface area (Å²) < 4.78 is 39.1. The summed E-state index contributed by atoms with van der Waals surface area (Å²) in [5, 5.41) is 20.5. The van der Waals surface area contributed by atoms with Gasteiger partial charge in [-0.05, 0) is 131 Å². The molecule has 1 unspecified atom stereocenters. The monoisotopic (exact) mass is 444 g/mol. The van der Waals surface area contributed by atoms with Gasteiger partial charge in [-0.3, -0.25) is 0 Å². The Hall–Kier alpha value is -0.290. The lowest BCUT2D eigenvalue weighted by atomic mass is 9.44. The molecule has 4 aliphatic carbocycles. The second-order valence-corrected chi connectivity index (χ2v) is 12.8. The highest BCUT2D eigenvalue weighted by atomic mass is 19.4. The van der Waals surface area contributed by atoms with E-state index in [1.165, 1.54) is 32.1 Å². The van der Waals surface area contributed by atoms with Crippen LogP contribution in [0, 0.1) is 40.4 Å². The van der Waals surface area contributed by atoms with Crippen LogP contribution >= 0.6 is 0 Å². The Labute approximate surface area is 186 Å². The molecular weight excluding hydrogens is 401 g/mol. The SMILES string of the molecule is CC(O)(CCC[C@H]1CC[C@H]2[C@@H]3CC[C@H]4C[C@@](C)(O)CC[C@]4(C)[C@H]3CC[C@]12C)C(F)(F)F. The molecular formula is C26H43F3O2. The van der Waals surface area contributed by atoms with E-state index >= 15 is 0 Å². The fourth-order valence-corrected chi connectivity index (χ4v) is 8.85. The van der Waals surface area contributed by atoms with Gasteiger partial charge in [0, 0.05) is 0 Å². The lowest BCUT2D eigenvalue weighted by Gasteiger charge is -2.62. The summed E-state index contributed by atoms with van der Waals surface area (Å²) in [6.45, 7) is 7.85. The average molecular weight is 445 g/mol. The molecule has 0 aromatic carbocycles. The van der Waals surface area contributed by atoms with Gasteiger partial charge in [0.25, 0.3) is 0 Å². The molecule has 0 radical (unpaired) electrons. The first kappa shape index (κ1) is 23.9. The molecule has 9 atom stereocenters. The Morgan fingerprint density at radius 1 is 0.871 bits per heavy atom. The van der Waals surface area contributed by atoms with E-state index in [1.54, 1.807) is 0 Å². The minimum absolute atomic E-state index is 0.195. The summed E-state index contributed by atoms with van der Waals surface area (Å²) in [5.74, 6) is 3.29. The van der Waals surface area contributed by atoms with E-state index in [0.717, 1.165) is 50.9 Å². The zero-order valence-corrected chi connectivity index (χ0v) is 19.9. The van der Waals surface area contributed by atoms with Crippen molar-refractivity contribution in [2.45, 2.75) is 122 Å². The van der Waals surface area contributed by atoms with E-state index in [4.69, 9.17) is 0 Å². The van der Waals surface area contributed by atoms with E-state index in [2.05, 4.69) is 13.8 Å². The number of alkyl halides is 3. The van der Waals surface area contributed by atoms with Crippen LogP contribution in [-0.2, 0) is 0 Å². The molecule has 31 heavy (non-hydrogen) atoms. The molecule has 0 aromatic heterocycles. The van der Waals surface area contributed by atoms with Crippen molar-refractivity contribution in [3.05, 3.63) is 0 Å². The van der Waals surface area contributed by atoms with Crippen molar-refractivity contribution < 1.29 is 23.4 Å². The summed E-state index contributed by atoms with van der Waals surface area (Å²) >= 11 is 0. The molecule has 4 aliphatic rings. The molecule has 0 aromatic rings. The first-order valence-corrected chi connectivity index (χ1v) is 12.7. The minimum atomic E-state index is -4.55. The molecule has 0 aliphatic heterocycles. The molecule has 0 spiro atoms. The molecule has 5 heteroatoms. The summed E-state index contributed by atoms with van der Waals surface area (Å²) in [6, 6.07) is 0. The van der Waals surface area contributed by atoms with Gasteiger partial charge >= 0.3 is 6.18 Å². The van der Waals surface area contributed by atoms with E-state index in [1.807, 2.05) is 6.92 Å². The van der Waals surface area contributed by atoms with Crippen LogP contribution in [0.4, 0.5) is 13.2 Å². The number of hydrogen-bond donors (Lipinski definition) is 2. The van der Waals surface area contributed by atoms with Gasteiger partial charge in [-0.1, -0.05) is 13.8 Å². The van der Waals surface area contributed by atoms with Crippen LogP contribution in [0.25, 0.3) is 0 Å². The molecule has 2 nitrogen and oxygen atoms in total. The number of aliphatic hydroxyl groups is 2. The van der Waals surface area contributed by atoms with Crippen molar-refractivity contribution in [3.63, 3.8) is 0 Å². The van der Waals surface area contributed by atoms with E-state index in [9.17, 15) is 23.4 Å². The van der Waals surface area contributed by atoms with Gasteiger partial charge in [0.15, 0.2) is 5.60 Å². The van der Waals surface area contributed by atoms with Crippen molar-refractivity contribution in [1.82, 2.24) is 0 Å². The van der Waals surface area contributed by atoms with Crippen molar-refractivity contribution >= 4 is 0 Å². The molecule has 0 amide bonds. The Bertz CT molecular complexity index is 672. The van der Waals surface area contributed by atoms with E-state index in [-0.39, 0.29) is 11.8 Å². The standard InChI is InChI=1S/C26H43F3O2/c1-22(30)14-15-24(3)18(16-22)7-9-19-20-10-8-17(23(20,2)13-11-21(19)24)6-5-12-25(4,31)26(27,28)29/h17-21,30-31H,5-16H2,1-4H3/t17-,18-,19-,20-,21-,22-,23+,24-,25?/m0/s1. The molecule has 2 N–H and O–H groups in total. The summed E-state index contributed by atoms with van der Waals surface area (Å²) in [7, 11) is 0. The van der Waals surface area contributed by atoms with Gasteiger partial charge in [-0.25, -0.2) is 0 Å². The van der Waals surface area contributed by atoms with E-state index < -0.39 is 17.4 Å². The summed E-state index contributed by atoms with van der Waals surface area (Å²) in [5.41, 5.74) is -2.49. The van der Waals surface area contributed by atoms with Crippen LogP contribution < -0.4 is 0 Å². The highest BCUT2D eigenvalue weighted by Crippen LogP contribution is 2.68. The first-order valence-electron chi connectivity index (χ1n) is 12.7. The second kappa shape index (κ2) is 7.61. The van der Waals surface area contributed by atoms with Crippen molar-refractivity contribution in [3.8, 4) is 0 Å². The molecule has 0 heterocycles. The van der Waals surface area contributed by atoms with Crippen LogP contribution in [-0.4, -0.2) is 27.6 Å². The maximum atomic E-state index is 13.0. The van der Waals surface area contributed by atoms with Crippen molar-refractivity contribution in [2.75, 3.05) is 0 Å². The highest BCUT2D eigenvalue weighted by Gasteiger charge is 2.60. The van der Waals surface area contributed by atoms with Crippen LogP contribution in [0.3, 0.4) is 0 Å². The first-order chi connectivity index (χ1) is 14.2. The summed E-state index contributed by atoms with van der Waals surface area (Å²) in [6.07, 6.45) is 6.75. The minimum Gasteiger partial charge on any atom is -0.390 e. The average Bonchev–Trinajstić information content (AvgIpc) is 2.98. The normalized spacial score (nSPS) is 49.6. The summed E-state index contributed by atoms with van der Waals surface area (Å²) in [4.78, 5) is 0. The fraction of sp³-hybridized carbons (Fsp3) is 1.00. The third kappa shape index (κ3) is 3.98. The molecule has 4 rings (SSSR count). The lowest BCUT2D eigenvalue weighted by molar-refractivity contribution is -0.255. The smallest absolute Gasteiger partial charge is 0.390 e. The number of fused-ring (bicyclic) bond motifs is 5. The Kier molecular flexibility index (Phi) is 5.86. The molecule has 4 saturated carbocycles. The van der Waals surface area contributed by atoms with Crippen molar-refractivity contribution in [1.29, 1.82) is 0 Å². The predicted molar refractivity (Wildman–Crippen MR) is 116 cm³/mol. The molecule has 0 saturated heterocycles. The zero-order valence-electron chi connectivity index (χ0n) is 19.9. The molecule has 4 fully saturated rings. The van der Waals surface area contributed by atoms with Gasteiger partial charge in [-0.2, -0.15) is 13.2 Å². The van der Waals surface area contributed by atoms with Gasteiger partial charge < -0.3 is 10.2 Å². The Balaban J connectivity index is 1.42. The van der Waals surface area contributed by atoms with Crippen LogP contribution in [0.2, 0.25) is 0 Å². The number of hydrogen-bond acceptors (Lipinski definition) is 2. The van der Waals surface area contributed by atoms with Crippen LogP contribution in [0.15, 0.2) is 0 Å². The van der Waals surface area contributed by atoms with Gasteiger partial charge in [0.1, 0.15) is 0 Å². The van der Waals surface area contributed by atoms with Crippen LogP contribution in [0.5, 0.6) is 0 Å².